The molecule has 2 heterocycles. The second-order valence-electron chi connectivity index (χ2n) is 7.29. The van der Waals surface area contributed by atoms with Crippen molar-refractivity contribution in [2.45, 2.75) is 12.8 Å². The minimum atomic E-state index is -0.115. The molecule has 5 nitrogen and oxygen atoms in total. The average molecular weight is 446 g/mol. The van der Waals surface area contributed by atoms with Crippen LogP contribution in [-0.4, -0.2) is 42.9 Å². The summed E-state index contributed by atoms with van der Waals surface area (Å²) in [6.07, 6.45) is 4.37. The Morgan fingerprint density at radius 2 is 1.63 bits per heavy atom. The molecule has 2 aromatic carbocycles. The molecule has 2 aromatic rings. The highest BCUT2D eigenvalue weighted by Crippen LogP contribution is 2.32. The van der Waals surface area contributed by atoms with Crippen LogP contribution in [0, 0.1) is 5.92 Å². The van der Waals surface area contributed by atoms with Crippen molar-refractivity contribution < 1.29 is 19.1 Å². The lowest BCUT2D eigenvalue weighted by molar-refractivity contribution is -0.127. The molecule has 0 radical (unpaired) electrons. The number of likely N-dealkylation sites (tertiary alicyclic amines) is 1. The molecule has 0 bridgehead atoms. The maximum atomic E-state index is 12.9. The highest BCUT2D eigenvalue weighted by atomic mass is 35.5. The minimum absolute atomic E-state index is 0.0810. The summed E-state index contributed by atoms with van der Waals surface area (Å²) in [6, 6.07) is 10.5. The first-order valence-electron chi connectivity index (χ1n) is 9.88. The first kappa shape index (κ1) is 20.8. The third kappa shape index (κ3) is 4.47. The average Bonchev–Trinajstić information content (AvgIpc) is 2.78. The van der Waals surface area contributed by atoms with Gasteiger partial charge in [-0.2, -0.15) is 0 Å². The Morgan fingerprint density at radius 3 is 2.33 bits per heavy atom. The van der Waals surface area contributed by atoms with Gasteiger partial charge in [-0.15, -0.1) is 0 Å². The van der Waals surface area contributed by atoms with E-state index in [1.54, 1.807) is 47.4 Å². The molecule has 0 spiro atoms. The van der Waals surface area contributed by atoms with E-state index in [0.717, 1.165) is 0 Å². The molecule has 0 aliphatic carbocycles. The van der Waals surface area contributed by atoms with Gasteiger partial charge in [0.1, 0.15) is 13.2 Å². The number of ether oxygens (including phenoxy) is 2. The Balaban J connectivity index is 1.36. The minimum Gasteiger partial charge on any atom is -0.486 e. The Kier molecular flexibility index (Phi) is 6.30. The topological polar surface area (TPSA) is 55.8 Å². The molecule has 1 amide bonds. The zero-order chi connectivity index (χ0) is 21.1. The van der Waals surface area contributed by atoms with Crippen molar-refractivity contribution in [1.82, 2.24) is 4.90 Å². The summed E-state index contributed by atoms with van der Waals surface area (Å²) >= 11 is 12.3. The van der Waals surface area contributed by atoms with Crippen molar-refractivity contribution >= 4 is 41.0 Å². The zero-order valence-corrected chi connectivity index (χ0v) is 17.8. The number of hydrogen-bond donors (Lipinski definition) is 0. The molecule has 4 rings (SSSR count). The van der Waals surface area contributed by atoms with E-state index in [1.165, 1.54) is 6.08 Å². The Hall–Kier alpha value is -2.50. The van der Waals surface area contributed by atoms with E-state index in [4.69, 9.17) is 32.7 Å². The fourth-order valence-electron chi connectivity index (χ4n) is 3.72. The number of rotatable bonds is 4. The Labute approximate surface area is 185 Å². The van der Waals surface area contributed by atoms with Crippen LogP contribution >= 0.6 is 23.2 Å². The van der Waals surface area contributed by atoms with Gasteiger partial charge in [0.05, 0.1) is 0 Å². The van der Waals surface area contributed by atoms with Crippen LogP contribution in [0.25, 0.3) is 6.08 Å². The SMILES string of the molecule is O=C(c1ccc2c(c1)OCCO2)C1CCN(C(=O)/C=C/c2c(Cl)cccc2Cl)CC1. The van der Waals surface area contributed by atoms with E-state index < -0.39 is 0 Å². The summed E-state index contributed by atoms with van der Waals surface area (Å²) in [5, 5.41) is 0.991. The van der Waals surface area contributed by atoms with Crippen LogP contribution in [0.5, 0.6) is 11.5 Å². The number of halogens is 2. The standard InChI is InChI=1S/C23H21Cl2NO4/c24-18-2-1-3-19(25)17(18)5-7-22(27)26-10-8-15(9-11-26)23(28)16-4-6-20-21(14-16)30-13-12-29-20/h1-7,14-15H,8-13H2/b7-5+. The summed E-state index contributed by atoms with van der Waals surface area (Å²) in [7, 11) is 0. The molecule has 2 aliphatic rings. The van der Waals surface area contributed by atoms with Crippen LogP contribution in [0.15, 0.2) is 42.5 Å². The molecule has 1 fully saturated rings. The number of carbonyl (C=O) groups is 2. The summed E-state index contributed by atoms with van der Waals surface area (Å²) in [4.78, 5) is 27.2. The molecule has 1 saturated heterocycles. The molecule has 0 saturated carbocycles. The number of piperidine rings is 1. The summed E-state index contributed by atoms with van der Waals surface area (Å²) in [5.74, 6) is 1.14. The van der Waals surface area contributed by atoms with Gasteiger partial charge in [0.2, 0.25) is 5.91 Å². The lowest BCUT2D eigenvalue weighted by atomic mass is 9.88. The predicted molar refractivity (Wildman–Crippen MR) is 117 cm³/mol. The number of amides is 1. The quantitative estimate of drug-likeness (QED) is 0.495. The normalized spacial score (nSPS) is 16.7. The van der Waals surface area contributed by atoms with E-state index >= 15 is 0 Å². The molecule has 7 heteroatoms. The number of fused-ring (bicyclic) bond motifs is 1. The van der Waals surface area contributed by atoms with Crippen LogP contribution < -0.4 is 9.47 Å². The molecule has 0 aromatic heterocycles. The highest BCUT2D eigenvalue weighted by Gasteiger charge is 2.28. The van der Waals surface area contributed by atoms with E-state index in [0.29, 0.717) is 71.8 Å². The molecule has 30 heavy (non-hydrogen) atoms. The highest BCUT2D eigenvalue weighted by molar-refractivity contribution is 6.37. The molecule has 0 unspecified atom stereocenters. The largest absolute Gasteiger partial charge is 0.486 e. The number of ketones is 1. The van der Waals surface area contributed by atoms with Gasteiger partial charge in [0.15, 0.2) is 17.3 Å². The molecule has 0 N–H and O–H groups in total. The first-order chi connectivity index (χ1) is 14.5. The lowest BCUT2D eigenvalue weighted by Crippen LogP contribution is -2.39. The van der Waals surface area contributed by atoms with Gasteiger partial charge in [-0.3, -0.25) is 9.59 Å². The van der Waals surface area contributed by atoms with Crippen LogP contribution in [0.3, 0.4) is 0 Å². The molecule has 2 aliphatic heterocycles. The van der Waals surface area contributed by atoms with Crippen molar-refractivity contribution in [2.24, 2.45) is 5.92 Å². The number of benzene rings is 2. The van der Waals surface area contributed by atoms with Crippen LogP contribution in [0.4, 0.5) is 0 Å². The number of nitrogens with zero attached hydrogens (tertiary/aromatic N) is 1. The molecule has 0 atom stereocenters. The van der Waals surface area contributed by atoms with E-state index in [9.17, 15) is 9.59 Å². The molecular formula is C23H21Cl2NO4. The van der Waals surface area contributed by atoms with Crippen molar-refractivity contribution in [3.63, 3.8) is 0 Å². The Morgan fingerprint density at radius 1 is 0.967 bits per heavy atom. The summed E-state index contributed by atoms with van der Waals surface area (Å²) < 4.78 is 11.1. The van der Waals surface area contributed by atoms with E-state index in [1.807, 2.05) is 0 Å². The maximum Gasteiger partial charge on any atom is 0.246 e. The van der Waals surface area contributed by atoms with Crippen LogP contribution in [-0.2, 0) is 4.79 Å². The van der Waals surface area contributed by atoms with Gasteiger partial charge in [0, 0.05) is 46.3 Å². The third-order valence-electron chi connectivity index (χ3n) is 5.40. The number of Topliss-reactive ketones (excluding diaryl/α,β-unsaturated/α-hetero) is 1. The zero-order valence-electron chi connectivity index (χ0n) is 16.3. The van der Waals surface area contributed by atoms with Gasteiger partial charge in [-0.1, -0.05) is 29.3 Å². The van der Waals surface area contributed by atoms with Crippen molar-refractivity contribution in [1.29, 1.82) is 0 Å². The van der Waals surface area contributed by atoms with Crippen molar-refractivity contribution in [3.05, 3.63) is 63.6 Å². The maximum absolute atomic E-state index is 12.9. The van der Waals surface area contributed by atoms with E-state index in [-0.39, 0.29) is 17.6 Å². The van der Waals surface area contributed by atoms with Crippen molar-refractivity contribution in [3.8, 4) is 11.5 Å². The summed E-state index contributed by atoms with van der Waals surface area (Å²) in [6.45, 7) is 2.06. The molecular weight excluding hydrogens is 425 g/mol. The van der Waals surface area contributed by atoms with Crippen molar-refractivity contribution in [2.75, 3.05) is 26.3 Å². The second-order valence-corrected chi connectivity index (χ2v) is 8.11. The second kappa shape index (κ2) is 9.11. The molecule has 156 valence electrons. The third-order valence-corrected chi connectivity index (χ3v) is 6.06. The first-order valence-corrected chi connectivity index (χ1v) is 10.6. The fraction of sp³-hybridized carbons (Fsp3) is 0.304. The predicted octanol–water partition coefficient (Wildman–Crippen LogP) is 4.90. The van der Waals surface area contributed by atoms with Gasteiger partial charge in [-0.25, -0.2) is 0 Å². The van der Waals surface area contributed by atoms with Crippen LogP contribution in [0.1, 0.15) is 28.8 Å². The van der Waals surface area contributed by atoms with Gasteiger partial charge in [-0.05, 0) is 49.2 Å². The number of carbonyl (C=O) groups excluding carboxylic acids is 2. The van der Waals surface area contributed by atoms with Gasteiger partial charge >= 0.3 is 0 Å². The van der Waals surface area contributed by atoms with E-state index in [2.05, 4.69) is 0 Å². The lowest BCUT2D eigenvalue weighted by Gasteiger charge is -2.30. The summed E-state index contributed by atoms with van der Waals surface area (Å²) in [5.41, 5.74) is 1.25. The van der Waals surface area contributed by atoms with Crippen LogP contribution in [0.2, 0.25) is 10.0 Å². The smallest absolute Gasteiger partial charge is 0.246 e. The Bertz CT molecular complexity index is 976. The van der Waals surface area contributed by atoms with Gasteiger partial charge in [0.25, 0.3) is 0 Å². The fourth-order valence-corrected chi connectivity index (χ4v) is 4.25. The number of hydrogen-bond acceptors (Lipinski definition) is 4. The monoisotopic (exact) mass is 445 g/mol. The van der Waals surface area contributed by atoms with Gasteiger partial charge < -0.3 is 14.4 Å².